The molecule has 0 radical (unpaired) electrons. The number of benzene rings is 1. The maximum Gasteiger partial charge on any atom is 0.254 e. The summed E-state index contributed by atoms with van der Waals surface area (Å²) in [6.07, 6.45) is 2.88. The molecule has 0 unspecified atom stereocenters. The number of hydrogen-bond donors (Lipinski definition) is 1. The number of amides is 1. The third-order valence-corrected chi connectivity index (χ3v) is 5.87. The maximum absolute atomic E-state index is 11.9. The van der Waals surface area contributed by atoms with Gasteiger partial charge in [0.25, 0.3) is 5.78 Å². The van der Waals surface area contributed by atoms with Gasteiger partial charge < -0.3 is 15.1 Å². The molecular formula is C21H26ClN7O. The molecule has 1 N–H and O–H groups in total. The highest BCUT2D eigenvalue weighted by atomic mass is 35.5. The summed E-state index contributed by atoms with van der Waals surface area (Å²) in [6.45, 7) is 8.99. The highest BCUT2D eigenvalue weighted by Crippen LogP contribution is 2.32. The van der Waals surface area contributed by atoms with Crippen molar-refractivity contribution in [2.75, 3.05) is 36.4 Å². The Morgan fingerprint density at radius 3 is 2.63 bits per heavy atom. The Kier molecular flexibility index (Phi) is 5.76. The Morgan fingerprint density at radius 1 is 1.20 bits per heavy atom. The summed E-state index contributed by atoms with van der Waals surface area (Å²) >= 11 is 6.65. The van der Waals surface area contributed by atoms with Crippen LogP contribution in [0.25, 0.3) is 5.78 Å². The van der Waals surface area contributed by atoms with E-state index < -0.39 is 0 Å². The fraction of sp³-hybridized carbons (Fsp3) is 0.429. The SMILES string of the molecule is CCC(=O)N1CCN(c2ccc(Nc3c(CC)c(C)nc4ncnn34)cc2Cl)CC1. The zero-order valence-electron chi connectivity index (χ0n) is 17.5. The summed E-state index contributed by atoms with van der Waals surface area (Å²) in [5.74, 6) is 1.63. The predicted molar refractivity (Wildman–Crippen MR) is 119 cm³/mol. The number of piperazine rings is 1. The number of carbonyl (C=O) groups excluding carboxylic acids is 1. The van der Waals surface area contributed by atoms with Crippen LogP contribution in [0.4, 0.5) is 17.2 Å². The van der Waals surface area contributed by atoms with Crippen molar-refractivity contribution in [3.05, 3.63) is 40.8 Å². The number of rotatable bonds is 5. The number of halogens is 1. The van der Waals surface area contributed by atoms with Gasteiger partial charge in [0.15, 0.2) is 0 Å². The lowest BCUT2D eigenvalue weighted by Gasteiger charge is -2.36. The molecule has 8 nitrogen and oxygen atoms in total. The van der Waals surface area contributed by atoms with Crippen molar-refractivity contribution in [3.63, 3.8) is 0 Å². The monoisotopic (exact) mass is 427 g/mol. The lowest BCUT2D eigenvalue weighted by atomic mass is 10.1. The van der Waals surface area contributed by atoms with E-state index in [1.54, 1.807) is 4.52 Å². The zero-order valence-corrected chi connectivity index (χ0v) is 18.3. The van der Waals surface area contributed by atoms with E-state index in [4.69, 9.17) is 11.6 Å². The van der Waals surface area contributed by atoms with Gasteiger partial charge in [-0.25, -0.2) is 4.98 Å². The number of carbonyl (C=O) groups is 1. The summed E-state index contributed by atoms with van der Waals surface area (Å²) in [5, 5.41) is 8.45. The van der Waals surface area contributed by atoms with E-state index in [0.717, 1.165) is 61.0 Å². The molecule has 1 aliphatic heterocycles. The summed E-state index contributed by atoms with van der Waals surface area (Å²) in [6, 6.07) is 5.97. The smallest absolute Gasteiger partial charge is 0.254 e. The van der Waals surface area contributed by atoms with E-state index in [2.05, 4.69) is 32.2 Å². The van der Waals surface area contributed by atoms with Crippen molar-refractivity contribution >= 4 is 40.5 Å². The molecule has 0 bridgehead atoms. The number of aromatic nitrogens is 4. The molecule has 1 aliphatic rings. The Labute approximate surface area is 180 Å². The van der Waals surface area contributed by atoms with Crippen molar-refractivity contribution < 1.29 is 4.79 Å². The van der Waals surface area contributed by atoms with E-state index >= 15 is 0 Å². The van der Waals surface area contributed by atoms with Crippen LogP contribution < -0.4 is 10.2 Å². The number of fused-ring (bicyclic) bond motifs is 1. The van der Waals surface area contributed by atoms with Gasteiger partial charge in [-0.2, -0.15) is 14.6 Å². The molecule has 0 saturated carbocycles. The van der Waals surface area contributed by atoms with Gasteiger partial charge in [-0.05, 0) is 31.5 Å². The molecule has 158 valence electrons. The van der Waals surface area contributed by atoms with Gasteiger partial charge in [0.05, 0.1) is 10.7 Å². The van der Waals surface area contributed by atoms with Crippen LogP contribution in [-0.2, 0) is 11.2 Å². The Hall–Kier alpha value is -2.87. The Balaban J connectivity index is 1.56. The first-order valence-corrected chi connectivity index (χ1v) is 10.7. The number of hydrogen-bond acceptors (Lipinski definition) is 6. The average molecular weight is 428 g/mol. The molecule has 9 heteroatoms. The van der Waals surface area contributed by atoms with Crippen LogP contribution in [0.3, 0.4) is 0 Å². The molecule has 4 rings (SSSR count). The highest BCUT2D eigenvalue weighted by Gasteiger charge is 2.22. The summed E-state index contributed by atoms with van der Waals surface area (Å²) in [7, 11) is 0. The molecule has 0 atom stereocenters. The second kappa shape index (κ2) is 8.47. The van der Waals surface area contributed by atoms with Crippen LogP contribution in [0, 0.1) is 6.92 Å². The van der Waals surface area contributed by atoms with E-state index in [-0.39, 0.29) is 5.91 Å². The van der Waals surface area contributed by atoms with Crippen LogP contribution in [0.2, 0.25) is 5.02 Å². The molecule has 0 aliphatic carbocycles. The van der Waals surface area contributed by atoms with Gasteiger partial charge in [-0.15, -0.1) is 0 Å². The molecule has 3 heterocycles. The van der Waals surface area contributed by atoms with E-state index in [1.165, 1.54) is 6.33 Å². The van der Waals surface area contributed by atoms with Crippen LogP contribution in [0.1, 0.15) is 31.5 Å². The summed E-state index contributed by atoms with van der Waals surface area (Å²) in [4.78, 5) is 24.8. The standard InChI is InChI=1S/C21H26ClN7O/c1-4-16-14(3)25-21-23-13-24-29(21)20(16)26-15-6-7-18(17(22)12-15)27-8-10-28(11-9-27)19(30)5-2/h6-7,12-13,26H,4-5,8-11H2,1-3H3. The molecule has 0 spiro atoms. The third-order valence-electron chi connectivity index (χ3n) is 5.57. The van der Waals surface area contributed by atoms with Gasteiger partial charge in [0, 0.05) is 49.5 Å². The fourth-order valence-electron chi connectivity index (χ4n) is 3.94. The normalized spacial score (nSPS) is 14.4. The first-order valence-electron chi connectivity index (χ1n) is 10.3. The average Bonchev–Trinajstić information content (AvgIpc) is 3.22. The van der Waals surface area contributed by atoms with Gasteiger partial charge in [-0.1, -0.05) is 25.4 Å². The van der Waals surface area contributed by atoms with Crippen LogP contribution in [0.5, 0.6) is 0 Å². The number of nitrogens with zero attached hydrogens (tertiary/aromatic N) is 6. The predicted octanol–water partition coefficient (Wildman–Crippen LogP) is 3.45. The first kappa shape index (κ1) is 20.4. The van der Waals surface area contributed by atoms with Crippen molar-refractivity contribution in [1.29, 1.82) is 0 Å². The largest absolute Gasteiger partial charge is 0.367 e. The first-order chi connectivity index (χ1) is 14.5. The van der Waals surface area contributed by atoms with Crippen LogP contribution >= 0.6 is 11.6 Å². The Morgan fingerprint density at radius 2 is 1.97 bits per heavy atom. The van der Waals surface area contributed by atoms with Gasteiger partial charge >= 0.3 is 0 Å². The number of anilines is 3. The van der Waals surface area contributed by atoms with Crippen molar-refractivity contribution in [1.82, 2.24) is 24.5 Å². The second-order valence-corrected chi connectivity index (χ2v) is 7.77. The minimum atomic E-state index is 0.207. The van der Waals surface area contributed by atoms with Crippen LogP contribution in [-0.4, -0.2) is 56.6 Å². The van der Waals surface area contributed by atoms with Gasteiger partial charge in [0.2, 0.25) is 5.91 Å². The maximum atomic E-state index is 11.9. The van der Waals surface area contributed by atoms with E-state index in [0.29, 0.717) is 17.2 Å². The van der Waals surface area contributed by atoms with Crippen molar-refractivity contribution in [3.8, 4) is 0 Å². The zero-order chi connectivity index (χ0) is 21.3. The molecule has 1 amide bonds. The van der Waals surface area contributed by atoms with Crippen molar-refractivity contribution in [2.24, 2.45) is 0 Å². The highest BCUT2D eigenvalue weighted by molar-refractivity contribution is 6.33. The molecule has 1 aromatic carbocycles. The van der Waals surface area contributed by atoms with Gasteiger partial charge in [0.1, 0.15) is 12.1 Å². The van der Waals surface area contributed by atoms with E-state index in [9.17, 15) is 4.79 Å². The topological polar surface area (TPSA) is 78.7 Å². The molecular weight excluding hydrogens is 402 g/mol. The summed E-state index contributed by atoms with van der Waals surface area (Å²) < 4.78 is 1.72. The van der Waals surface area contributed by atoms with Crippen molar-refractivity contribution in [2.45, 2.75) is 33.6 Å². The quantitative estimate of drug-likeness (QED) is 0.671. The molecule has 2 aromatic heterocycles. The lowest BCUT2D eigenvalue weighted by Crippen LogP contribution is -2.48. The van der Waals surface area contributed by atoms with Gasteiger partial charge in [-0.3, -0.25) is 4.79 Å². The Bertz CT molecular complexity index is 1070. The molecule has 3 aromatic rings. The molecule has 30 heavy (non-hydrogen) atoms. The third kappa shape index (κ3) is 3.79. The van der Waals surface area contributed by atoms with Crippen LogP contribution in [0.15, 0.2) is 24.5 Å². The minimum Gasteiger partial charge on any atom is -0.367 e. The summed E-state index contributed by atoms with van der Waals surface area (Å²) in [5.41, 5.74) is 3.88. The minimum absolute atomic E-state index is 0.207. The lowest BCUT2D eigenvalue weighted by molar-refractivity contribution is -0.131. The number of nitrogens with one attached hydrogen (secondary N) is 1. The second-order valence-electron chi connectivity index (χ2n) is 7.36. The fourth-order valence-corrected chi connectivity index (χ4v) is 4.24. The van der Waals surface area contributed by atoms with E-state index in [1.807, 2.05) is 36.9 Å². The molecule has 1 saturated heterocycles. The number of aryl methyl sites for hydroxylation is 1. The molecule has 1 fully saturated rings.